The van der Waals surface area contributed by atoms with Gasteiger partial charge in [0.1, 0.15) is 0 Å². The van der Waals surface area contributed by atoms with Crippen LogP contribution < -0.4 is 0 Å². The van der Waals surface area contributed by atoms with Crippen molar-refractivity contribution in [2.75, 3.05) is 6.61 Å². The van der Waals surface area contributed by atoms with Gasteiger partial charge in [-0.05, 0) is 47.7 Å². The summed E-state index contributed by atoms with van der Waals surface area (Å²) in [5.41, 5.74) is 3.45. The van der Waals surface area contributed by atoms with Gasteiger partial charge in [-0.3, -0.25) is 0 Å². The monoisotopic (exact) mass is 490 g/mol. The summed E-state index contributed by atoms with van der Waals surface area (Å²) in [4.78, 5) is 0. The van der Waals surface area contributed by atoms with Crippen LogP contribution >= 0.6 is 0 Å². The van der Waals surface area contributed by atoms with Crippen molar-refractivity contribution in [3.05, 3.63) is 96.1 Å². The van der Waals surface area contributed by atoms with Gasteiger partial charge in [-0.25, -0.2) is 0 Å². The van der Waals surface area contributed by atoms with E-state index in [1.54, 1.807) is 0 Å². The number of fused-ring (bicyclic) bond motifs is 2. The Morgan fingerprint density at radius 3 is 2.06 bits per heavy atom. The molecule has 35 heavy (non-hydrogen) atoms. The molecule has 2 aliphatic carbocycles. The molecule has 0 saturated heterocycles. The highest BCUT2D eigenvalue weighted by Crippen LogP contribution is 2.60. The molecule has 0 N–H and O–H groups in total. The molecule has 0 radical (unpaired) electrons. The third kappa shape index (κ3) is 5.41. The Hall–Kier alpha value is -1.98. The van der Waals surface area contributed by atoms with E-state index in [0.29, 0.717) is 31.7 Å². The zero-order chi connectivity index (χ0) is 24.7. The molecule has 0 aliphatic heterocycles. The molecular weight excluding hydrogens is 448 g/mol. The second kappa shape index (κ2) is 11.8. The topological polar surface area (TPSA) is 27.7 Å². The molecule has 0 spiro atoms. The van der Waals surface area contributed by atoms with E-state index in [0.717, 1.165) is 31.0 Å². The minimum absolute atomic E-state index is 0.0459. The second-order valence-electron chi connectivity index (χ2n) is 10.1. The molecule has 2 fully saturated rings. The first-order chi connectivity index (χ1) is 17.1. The molecular formula is C31H42O3Si. The molecule has 2 bridgehead atoms. The van der Waals surface area contributed by atoms with Gasteiger partial charge in [0, 0.05) is 11.8 Å². The minimum Gasteiger partial charge on any atom is -0.407 e. The van der Waals surface area contributed by atoms with Gasteiger partial charge in [0.15, 0.2) is 8.32 Å². The summed E-state index contributed by atoms with van der Waals surface area (Å²) in [5.74, 6) is 0.633. The maximum atomic E-state index is 7.32. The van der Waals surface area contributed by atoms with Crippen LogP contribution in [-0.4, -0.2) is 26.6 Å². The average molecular weight is 491 g/mol. The summed E-state index contributed by atoms with van der Waals surface area (Å²) in [5, 5.41) is 0. The van der Waals surface area contributed by atoms with E-state index in [4.69, 9.17) is 13.9 Å². The molecule has 2 aliphatic rings. The van der Waals surface area contributed by atoms with Crippen molar-refractivity contribution in [2.24, 2.45) is 11.8 Å². The van der Waals surface area contributed by atoms with Gasteiger partial charge in [0.2, 0.25) is 0 Å². The summed E-state index contributed by atoms with van der Waals surface area (Å²) in [6, 6.07) is 24.3. The van der Waals surface area contributed by atoms with E-state index in [1.807, 2.05) is 6.07 Å². The molecule has 2 aromatic carbocycles. The first kappa shape index (κ1) is 26.1. The summed E-state index contributed by atoms with van der Waals surface area (Å²) in [7, 11) is -1.83. The highest BCUT2D eigenvalue weighted by Gasteiger charge is 2.63. The van der Waals surface area contributed by atoms with E-state index in [2.05, 4.69) is 94.1 Å². The number of ether oxygens (including phenoxy) is 2. The third-order valence-corrected chi connectivity index (χ3v) is 13.1. The van der Waals surface area contributed by atoms with Crippen LogP contribution in [0.1, 0.15) is 44.7 Å². The molecule has 4 heteroatoms. The molecule has 2 saturated carbocycles. The van der Waals surface area contributed by atoms with Gasteiger partial charge in [-0.15, -0.1) is 6.58 Å². The van der Waals surface area contributed by atoms with Gasteiger partial charge >= 0.3 is 0 Å². The van der Waals surface area contributed by atoms with Crippen LogP contribution in [0, 0.1) is 11.8 Å². The molecule has 2 aromatic rings. The van der Waals surface area contributed by atoms with E-state index in [-0.39, 0.29) is 11.7 Å². The van der Waals surface area contributed by atoms with Gasteiger partial charge < -0.3 is 13.9 Å². The fraction of sp³-hybridized carbons (Fsp3) is 0.484. The van der Waals surface area contributed by atoms with Crippen LogP contribution in [0.5, 0.6) is 0 Å². The van der Waals surface area contributed by atoms with Crippen molar-refractivity contribution in [1.82, 2.24) is 0 Å². The van der Waals surface area contributed by atoms with Crippen molar-refractivity contribution in [3.8, 4) is 0 Å². The van der Waals surface area contributed by atoms with Crippen LogP contribution in [0.15, 0.2) is 85.0 Å². The Morgan fingerprint density at radius 2 is 1.49 bits per heavy atom. The number of benzene rings is 2. The largest absolute Gasteiger partial charge is 0.407 e. The standard InChI is InChI=1S/C31H42O3Si/c1-5-31(34-35(6-2,7-3)8-4)28-19-20-29(31)30(33-24-26-17-13-10-14-18-26)27(28)21-22-32-23-25-15-11-9-12-16-25/h5,9-18,21,28-30H,1,6-8,19-20,22-24H2,2-4H3/b27-21+/t28-,29+,30+,31-/m0/s1. The van der Waals surface area contributed by atoms with Gasteiger partial charge in [-0.1, -0.05) is 93.6 Å². The zero-order valence-electron chi connectivity index (χ0n) is 21.7. The number of hydrogen-bond acceptors (Lipinski definition) is 3. The second-order valence-corrected chi connectivity index (χ2v) is 14.8. The molecule has 0 aromatic heterocycles. The Kier molecular flexibility index (Phi) is 8.82. The van der Waals surface area contributed by atoms with Gasteiger partial charge in [0.05, 0.1) is 31.5 Å². The first-order valence-electron chi connectivity index (χ1n) is 13.4. The Bertz CT molecular complexity index is 961. The lowest BCUT2D eigenvalue weighted by molar-refractivity contribution is -0.0119. The maximum absolute atomic E-state index is 7.32. The van der Waals surface area contributed by atoms with Crippen LogP contribution in [0.25, 0.3) is 0 Å². The molecule has 4 rings (SSSR count). The van der Waals surface area contributed by atoms with Crippen molar-refractivity contribution < 1.29 is 13.9 Å². The van der Waals surface area contributed by atoms with E-state index in [9.17, 15) is 0 Å². The minimum atomic E-state index is -1.83. The smallest absolute Gasteiger partial charge is 0.193 e. The normalized spacial score (nSPS) is 26.9. The predicted octanol–water partition coefficient (Wildman–Crippen LogP) is 7.70. The third-order valence-electron chi connectivity index (χ3n) is 8.45. The molecule has 4 atom stereocenters. The SMILES string of the molecule is C=C[C@@]1(O[Si](CC)(CC)CC)[C@@H]2CC[C@H]1/C(=C\COCc1ccccc1)[C@H]2OCc1ccccc1. The summed E-state index contributed by atoms with van der Waals surface area (Å²) in [6.07, 6.45) is 6.73. The Morgan fingerprint density at radius 1 is 0.886 bits per heavy atom. The summed E-state index contributed by atoms with van der Waals surface area (Å²) >= 11 is 0. The summed E-state index contributed by atoms with van der Waals surface area (Å²) < 4.78 is 20.1. The fourth-order valence-corrected chi connectivity index (χ4v) is 9.32. The van der Waals surface area contributed by atoms with Crippen molar-refractivity contribution in [1.29, 1.82) is 0 Å². The molecule has 0 heterocycles. The van der Waals surface area contributed by atoms with E-state index >= 15 is 0 Å². The highest BCUT2D eigenvalue weighted by atomic mass is 28.4. The average Bonchev–Trinajstić information content (AvgIpc) is 3.39. The van der Waals surface area contributed by atoms with Crippen molar-refractivity contribution >= 4 is 8.32 Å². The van der Waals surface area contributed by atoms with Crippen LogP contribution in [0.4, 0.5) is 0 Å². The van der Waals surface area contributed by atoms with E-state index in [1.165, 1.54) is 16.7 Å². The fourth-order valence-electron chi connectivity index (χ4n) is 6.26. The quantitative estimate of drug-likeness (QED) is 0.164. The van der Waals surface area contributed by atoms with E-state index < -0.39 is 8.32 Å². The van der Waals surface area contributed by atoms with Crippen LogP contribution in [0.2, 0.25) is 18.1 Å². The van der Waals surface area contributed by atoms with Gasteiger partial charge in [0.25, 0.3) is 0 Å². The Labute approximate surface area is 213 Å². The molecule has 0 amide bonds. The molecule has 188 valence electrons. The molecule has 0 unspecified atom stereocenters. The number of hydrogen-bond donors (Lipinski definition) is 0. The lowest BCUT2D eigenvalue weighted by Gasteiger charge is -2.42. The van der Waals surface area contributed by atoms with Gasteiger partial charge in [-0.2, -0.15) is 0 Å². The van der Waals surface area contributed by atoms with Crippen molar-refractivity contribution in [2.45, 2.75) is 76.7 Å². The van der Waals surface area contributed by atoms with Crippen LogP contribution in [0.3, 0.4) is 0 Å². The van der Waals surface area contributed by atoms with Crippen LogP contribution in [-0.2, 0) is 27.1 Å². The summed E-state index contributed by atoms with van der Waals surface area (Å²) in [6.45, 7) is 13.1. The highest BCUT2D eigenvalue weighted by molar-refractivity contribution is 6.73. The lowest BCUT2D eigenvalue weighted by atomic mass is 9.90. The Balaban J connectivity index is 1.57. The first-order valence-corrected chi connectivity index (χ1v) is 15.9. The lowest BCUT2D eigenvalue weighted by Crippen LogP contribution is -2.49. The van der Waals surface area contributed by atoms with Crippen molar-refractivity contribution in [3.63, 3.8) is 0 Å². The molecule has 3 nitrogen and oxygen atoms in total. The predicted molar refractivity (Wildman–Crippen MR) is 147 cm³/mol. The number of rotatable bonds is 13. The maximum Gasteiger partial charge on any atom is 0.193 e. The zero-order valence-corrected chi connectivity index (χ0v) is 22.7.